The molecule has 2 heterocycles. The number of carbonyl (C=O) groups excluding carboxylic acids is 1. The zero-order valence-corrected chi connectivity index (χ0v) is 30.9. The van der Waals surface area contributed by atoms with Crippen LogP contribution in [0.3, 0.4) is 0 Å². The highest BCUT2D eigenvalue weighted by Gasteiger charge is 2.38. The monoisotopic (exact) mass is 808 g/mol. The van der Waals surface area contributed by atoms with Crippen molar-refractivity contribution in [3.63, 3.8) is 0 Å². The van der Waals surface area contributed by atoms with Crippen LogP contribution in [0.5, 0.6) is 0 Å². The van der Waals surface area contributed by atoms with Crippen LogP contribution < -0.4 is 20.0 Å². The second kappa shape index (κ2) is 17.1. The van der Waals surface area contributed by atoms with Crippen LogP contribution in [0.2, 0.25) is 0 Å². The molecular weight excluding hydrogens is 767 g/mol. The SMILES string of the molecule is CCN(C(=O)NC(C(=O)O)C(C)OC(C)(C)C)c1ccc(C(F)(F)F)cc1CN(Cc1cc(C(F)(F)F)cc(C(F)(F)F)c1)c1ncc(N2CCOCC2)cn1. The highest BCUT2D eigenvalue weighted by Crippen LogP contribution is 2.38. The summed E-state index contributed by atoms with van der Waals surface area (Å²) >= 11 is 0. The van der Waals surface area contributed by atoms with E-state index in [0.717, 1.165) is 15.9 Å². The molecule has 308 valence electrons. The van der Waals surface area contributed by atoms with Crippen LogP contribution >= 0.6 is 0 Å². The number of anilines is 3. The van der Waals surface area contributed by atoms with Crippen LogP contribution in [0.1, 0.15) is 62.4 Å². The maximum absolute atomic E-state index is 14.1. The topological polar surface area (TPSA) is 120 Å². The van der Waals surface area contributed by atoms with Gasteiger partial charge < -0.3 is 29.7 Å². The van der Waals surface area contributed by atoms with E-state index >= 15 is 0 Å². The molecule has 1 aliphatic heterocycles. The zero-order valence-electron chi connectivity index (χ0n) is 30.9. The first-order valence-corrected chi connectivity index (χ1v) is 17.2. The summed E-state index contributed by atoms with van der Waals surface area (Å²) in [4.78, 5) is 38.4. The van der Waals surface area contributed by atoms with Gasteiger partial charge in [0.1, 0.15) is 0 Å². The number of aromatic nitrogens is 2. The van der Waals surface area contributed by atoms with E-state index in [1.807, 2.05) is 4.90 Å². The van der Waals surface area contributed by atoms with E-state index < -0.39 is 83.6 Å². The summed E-state index contributed by atoms with van der Waals surface area (Å²) in [5.74, 6) is -1.75. The average Bonchev–Trinajstić information content (AvgIpc) is 3.09. The van der Waals surface area contributed by atoms with Crippen molar-refractivity contribution in [3.8, 4) is 0 Å². The highest BCUT2D eigenvalue weighted by atomic mass is 19.4. The quantitative estimate of drug-likeness (QED) is 0.177. The van der Waals surface area contributed by atoms with Gasteiger partial charge in [-0.25, -0.2) is 19.6 Å². The molecular formula is C36H41F9N6O5. The number of nitrogens with zero attached hydrogens (tertiary/aromatic N) is 5. The molecule has 0 spiro atoms. The summed E-state index contributed by atoms with van der Waals surface area (Å²) in [6.45, 7) is 7.88. The van der Waals surface area contributed by atoms with Gasteiger partial charge in [0.2, 0.25) is 5.95 Å². The Morgan fingerprint density at radius 2 is 1.43 bits per heavy atom. The fourth-order valence-corrected chi connectivity index (χ4v) is 5.99. The van der Waals surface area contributed by atoms with Crippen molar-refractivity contribution < 1.29 is 63.7 Å². The molecule has 20 heteroatoms. The van der Waals surface area contributed by atoms with Gasteiger partial charge in [0.25, 0.3) is 0 Å². The van der Waals surface area contributed by atoms with Gasteiger partial charge in [-0.2, -0.15) is 39.5 Å². The van der Waals surface area contributed by atoms with Gasteiger partial charge in [-0.3, -0.25) is 4.90 Å². The fourth-order valence-electron chi connectivity index (χ4n) is 5.99. The van der Waals surface area contributed by atoms with Crippen LogP contribution in [0.15, 0.2) is 48.8 Å². The number of carboxylic acids is 1. The van der Waals surface area contributed by atoms with E-state index in [1.165, 1.54) is 26.2 Å². The minimum absolute atomic E-state index is 0.0537. The maximum Gasteiger partial charge on any atom is 0.416 e. The number of ether oxygens (including phenoxy) is 2. The third kappa shape index (κ3) is 11.6. The lowest BCUT2D eigenvalue weighted by atomic mass is 10.0. The first-order chi connectivity index (χ1) is 25.9. The number of benzene rings is 2. The molecule has 56 heavy (non-hydrogen) atoms. The van der Waals surface area contributed by atoms with E-state index in [-0.39, 0.29) is 29.8 Å². The smallest absolute Gasteiger partial charge is 0.416 e. The lowest BCUT2D eigenvalue weighted by Gasteiger charge is -2.32. The Morgan fingerprint density at radius 3 is 1.91 bits per heavy atom. The molecule has 1 fully saturated rings. The molecule has 2 unspecified atom stereocenters. The number of hydrogen-bond acceptors (Lipinski definition) is 8. The Morgan fingerprint density at radius 1 is 0.875 bits per heavy atom. The van der Waals surface area contributed by atoms with Crippen molar-refractivity contribution in [2.24, 2.45) is 0 Å². The minimum Gasteiger partial charge on any atom is -0.480 e. The van der Waals surface area contributed by atoms with Crippen LogP contribution in [0.25, 0.3) is 0 Å². The molecule has 1 saturated heterocycles. The first kappa shape index (κ1) is 43.9. The van der Waals surface area contributed by atoms with E-state index in [9.17, 15) is 54.2 Å². The summed E-state index contributed by atoms with van der Waals surface area (Å²) < 4.78 is 136. The molecule has 2 aromatic carbocycles. The Balaban J connectivity index is 1.84. The van der Waals surface area contributed by atoms with Crippen molar-refractivity contribution in [1.82, 2.24) is 15.3 Å². The first-order valence-electron chi connectivity index (χ1n) is 17.2. The van der Waals surface area contributed by atoms with Gasteiger partial charge in [-0.15, -0.1) is 0 Å². The third-order valence-electron chi connectivity index (χ3n) is 8.48. The normalized spacial score (nSPS) is 15.3. The van der Waals surface area contributed by atoms with Gasteiger partial charge in [-0.05, 0) is 82.1 Å². The van der Waals surface area contributed by atoms with Crippen LogP contribution in [0, 0.1) is 0 Å². The number of hydrogen-bond donors (Lipinski definition) is 2. The number of urea groups is 1. The van der Waals surface area contributed by atoms with Gasteiger partial charge in [0, 0.05) is 32.7 Å². The number of alkyl halides is 9. The van der Waals surface area contributed by atoms with Crippen molar-refractivity contribution in [2.45, 2.75) is 84.0 Å². The summed E-state index contributed by atoms with van der Waals surface area (Å²) in [6.07, 6.45) is -13.7. The van der Waals surface area contributed by atoms with Crippen molar-refractivity contribution >= 4 is 29.3 Å². The average molecular weight is 809 g/mol. The predicted octanol–water partition coefficient (Wildman–Crippen LogP) is 7.77. The molecule has 4 rings (SSSR count). The Kier molecular flexibility index (Phi) is 13.4. The Hall–Kier alpha value is -4.85. The molecule has 2 N–H and O–H groups in total. The number of amides is 2. The standard InChI is InChI=1S/C36H41F9N6O5/c1-6-51(32(54)48-29(30(52)53)21(2)56-33(3,4)5)28-8-7-24(34(37,38)39)15-23(28)20-50(31-46-17-27(18-47-31)49-9-11-55-12-10-49)19-22-13-25(35(40,41)42)16-26(14-22)36(43,44)45/h7-8,13-18,21,29H,6,9-12,19-20H2,1-5H3,(H,48,54)(H,52,53). The molecule has 0 aliphatic carbocycles. The number of halogens is 9. The largest absolute Gasteiger partial charge is 0.480 e. The zero-order chi connectivity index (χ0) is 41.8. The molecule has 1 aromatic heterocycles. The predicted molar refractivity (Wildman–Crippen MR) is 186 cm³/mol. The van der Waals surface area contributed by atoms with Crippen LogP contribution in [-0.2, 0) is 45.9 Å². The van der Waals surface area contributed by atoms with Gasteiger partial charge >= 0.3 is 30.5 Å². The van der Waals surface area contributed by atoms with E-state index in [1.54, 1.807) is 20.8 Å². The number of carboxylic acid groups (broad SMARTS) is 1. The van der Waals surface area contributed by atoms with Crippen LogP contribution in [-0.4, -0.2) is 77.7 Å². The molecule has 0 bridgehead atoms. The minimum atomic E-state index is -5.19. The summed E-state index contributed by atoms with van der Waals surface area (Å²) in [6, 6.07) is 0.554. The highest BCUT2D eigenvalue weighted by molar-refractivity contribution is 5.95. The Bertz CT molecular complexity index is 1790. The number of nitrogens with one attached hydrogen (secondary N) is 1. The van der Waals surface area contributed by atoms with Crippen molar-refractivity contribution in [1.29, 1.82) is 0 Å². The van der Waals surface area contributed by atoms with Crippen molar-refractivity contribution in [3.05, 3.63) is 76.6 Å². The molecule has 2 atom stereocenters. The van der Waals surface area contributed by atoms with E-state index in [2.05, 4.69) is 15.3 Å². The van der Waals surface area contributed by atoms with E-state index in [4.69, 9.17) is 9.47 Å². The number of aliphatic carboxylic acids is 1. The molecule has 3 aromatic rings. The molecule has 2 amide bonds. The molecule has 0 radical (unpaired) electrons. The fraction of sp³-hybridized carbons (Fsp3) is 0.500. The molecule has 11 nitrogen and oxygen atoms in total. The Labute approximate surface area is 316 Å². The van der Waals surface area contributed by atoms with Crippen molar-refractivity contribution in [2.75, 3.05) is 47.5 Å². The summed E-state index contributed by atoms with van der Waals surface area (Å²) in [5, 5.41) is 12.3. The van der Waals surface area contributed by atoms with Crippen LogP contribution in [0.4, 0.5) is 61.6 Å². The lowest BCUT2D eigenvalue weighted by molar-refractivity contribution is -0.147. The second-order valence-corrected chi connectivity index (χ2v) is 13.9. The van der Waals surface area contributed by atoms with Gasteiger partial charge in [0.05, 0.1) is 65.4 Å². The summed E-state index contributed by atoms with van der Waals surface area (Å²) in [7, 11) is 0. The number of rotatable bonds is 12. The third-order valence-corrected chi connectivity index (χ3v) is 8.48. The molecule has 0 saturated carbocycles. The van der Waals surface area contributed by atoms with Gasteiger partial charge in [-0.1, -0.05) is 0 Å². The van der Waals surface area contributed by atoms with Gasteiger partial charge in [0.15, 0.2) is 6.04 Å². The number of morpholine rings is 1. The summed E-state index contributed by atoms with van der Waals surface area (Å²) in [5.41, 5.74) is -5.71. The van der Waals surface area contributed by atoms with E-state index in [0.29, 0.717) is 56.3 Å². The lowest BCUT2D eigenvalue weighted by Crippen LogP contribution is -2.54. The molecule has 1 aliphatic rings. The second-order valence-electron chi connectivity index (χ2n) is 13.9. The maximum atomic E-state index is 14.1. The number of carbonyl (C=O) groups is 2.